The lowest BCUT2D eigenvalue weighted by atomic mass is 10.1. The molecule has 4 nitrogen and oxygen atoms in total. The summed E-state index contributed by atoms with van der Waals surface area (Å²) in [5.41, 5.74) is 0. The lowest BCUT2D eigenvalue weighted by Gasteiger charge is -2.13. The summed E-state index contributed by atoms with van der Waals surface area (Å²) < 4.78 is 5.89. The van der Waals surface area contributed by atoms with Gasteiger partial charge in [0.1, 0.15) is 0 Å². The number of nitrogens with one attached hydrogen (secondary N) is 1. The van der Waals surface area contributed by atoms with Crippen molar-refractivity contribution in [3.05, 3.63) is 3.95 Å². The van der Waals surface area contributed by atoms with Crippen LogP contribution in [0.3, 0.4) is 0 Å². The highest BCUT2D eigenvalue weighted by molar-refractivity contribution is 7.73. The summed E-state index contributed by atoms with van der Waals surface area (Å²) in [4.78, 5) is 2.26. The van der Waals surface area contributed by atoms with Crippen molar-refractivity contribution in [2.75, 3.05) is 31.7 Å². The third-order valence-electron chi connectivity index (χ3n) is 2.39. The Morgan fingerprint density at radius 2 is 2.64 bits per heavy atom. The molecule has 0 radical (unpaired) electrons. The van der Waals surface area contributed by atoms with Crippen molar-refractivity contribution < 1.29 is 4.74 Å². The average molecular weight is 231 g/mol. The predicted octanol–water partition coefficient (Wildman–Crippen LogP) is 1.67. The zero-order valence-electron chi connectivity index (χ0n) is 8.02. The van der Waals surface area contributed by atoms with Crippen LogP contribution in [-0.2, 0) is 4.74 Å². The van der Waals surface area contributed by atoms with E-state index in [-0.39, 0.29) is 0 Å². The van der Waals surface area contributed by atoms with E-state index >= 15 is 0 Å². The molecule has 1 saturated heterocycles. The van der Waals surface area contributed by atoms with Gasteiger partial charge in [-0.1, -0.05) is 11.3 Å². The van der Waals surface area contributed by atoms with Crippen LogP contribution in [0.1, 0.15) is 6.42 Å². The zero-order valence-corrected chi connectivity index (χ0v) is 9.66. The highest BCUT2D eigenvalue weighted by Gasteiger charge is 2.24. The maximum absolute atomic E-state index is 5.14. The lowest BCUT2D eigenvalue weighted by Crippen LogP contribution is -2.20. The summed E-state index contributed by atoms with van der Waals surface area (Å²) in [6.45, 7) is 2.93. The molecule has 0 aromatic carbocycles. The first-order valence-electron chi connectivity index (χ1n) is 4.59. The molecule has 0 amide bonds. The highest BCUT2D eigenvalue weighted by Crippen LogP contribution is 2.25. The van der Waals surface area contributed by atoms with Crippen molar-refractivity contribution in [1.82, 2.24) is 10.2 Å². The van der Waals surface area contributed by atoms with E-state index < -0.39 is 0 Å². The number of rotatable bonds is 3. The fraction of sp³-hybridized carbons (Fsp3) is 0.750. The van der Waals surface area contributed by atoms with Crippen molar-refractivity contribution in [2.24, 2.45) is 5.92 Å². The summed E-state index contributed by atoms with van der Waals surface area (Å²) in [5.74, 6) is 0.637. The molecule has 0 aliphatic carbocycles. The SMILES string of the molecule is COCC1CCN(c2n[nH]c(=S)s2)C1. The molecule has 0 bridgehead atoms. The van der Waals surface area contributed by atoms with Gasteiger partial charge in [0.05, 0.1) is 6.61 Å². The number of hydrogen-bond acceptors (Lipinski definition) is 5. The summed E-state index contributed by atoms with van der Waals surface area (Å²) in [6.07, 6.45) is 1.18. The van der Waals surface area contributed by atoms with Crippen LogP contribution >= 0.6 is 23.6 Å². The Bertz CT molecular complexity index is 348. The second kappa shape index (κ2) is 4.37. The van der Waals surface area contributed by atoms with Crippen molar-refractivity contribution in [2.45, 2.75) is 6.42 Å². The Morgan fingerprint density at radius 3 is 3.29 bits per heavy atom. The van der Waals surface area contributed by atoms with E-state index in [9.17, 15) is 0 Å². The van der Waals surface area contributed by atoms with Crippen molar-refractivity contribution in [3.63, 3.8) is 0 Å². The molecular weight excluding hydrogens is 218 g/mol. The van der Waals surface area contributed by atoms with E-state index in [1.165, 1.54) is 17.8 Å². The maximum atomic E-state index is 5.14. The van der Waals surface area contributed by atoms with Crippen LogP contribution in [0.4, 0.5) is 5.13 Å². The van der Waals surface area contributed by atoms with Crippen LogP contribution in [0.15, 0.2) is 0 Å². The Kier molecular flexibility index (Phi) is 3.15. The van der Waals surface area contributed by atoms with Gasteiger partial charge >= 0.3 is 0 Å². The van der Waals surface area contributed by atoms with Crippen molar-refractivity contribution in [3.8, 4) is 0 Å². The van der Waals surface area contributed by atoms with E-state index in [0.29, 0.717) is 5.92 Å². The second-order valence-corrected chi connectivity index (χ2v) is 5.10. The van der Waals surface area contributed by atoms with Crippen LogP contribution < -0.4 is 4.90 Å². The summed E-state index contributed by atoms with van der Waals surface area (Å²) >= 11 is 6.54. The molecule has 1 N–H and O–H groups in total. The first kappa shape index (κ1) is 10.1. The standard InChI is InChI=1S/C8H13N3OS2/c1-12-5-6-2-3-11(4-6)7-9-10-8(13)14-7/h6H,2-5H2,1H3,(H,10,13). The predicted molar refractivity (Wildman–Crippen MR) is 59.5 cm³/mol. The molecule has 1 unspecified atom stereocenters. The van der Waals surface area contributed by atoms with Gasteiger partial charge in [-0.3, -0.25) is 5.10 Å². The van der Waals surface area contributed by atoms with E-state index in [1.54, 1.807) is 7.11 Å². The quantitative estimate of drug-likeness (QED) is 0.804. The van der Waals surface area contributed by atoms with Gasteiger partial charge in [0.25, 0.3) is 0 Å². The largest absolute Gasteiger partial charge is 0.384 e. The third-order valence-corrected chi connectivity index (χ3v) is 3.54. The Hall–Kier alpha value is -0.460. The molecule has 1 aromatic rings. The molecule has 1 aromatic heterocycles. The minimum atomic E-state index is 0.637. The molecule has 0 spiro atoms. The van der Waals surface area contributed by atoms with E-state index in [0.717, 1.165) is 28.8 Å². The van der Waals surface area contributed by atoms with Gasteiger partial charge < -0.3 is 9.64 Å². The number of anilines is 1. The van der Waals surface area contributed by atoms with Gasteiger partial charge in [-0.05, 0) is 18.6 Å². The monoisotopic (exact) mass is 231 g/mol. The van der Waals surface area contributed by atoms with E-state index in [2.05, 4.69) is 15.1 Å². The fourth-order valence-corrected chi connectivity index (χ4v) is 2.65. The first-order valence-corrected chi connectivity index (χ1v) is 5.81. The van der Waals surface area contributed by atoms with Gasteiger partial charge in [0.2, 0.25) is 5.13 Å². The fourth-order valence-electron chi connectivity index (χ4n) is 1.74. The minimum absolute atomic E-state index is 0.637. The highest BCUT2D eigenvalue weighted by atomic mass is 32.1. The summed E-state index contributed by atoms with van der Waals surface area (Å²) in [7, 11) is 1.75. The van der Waals surface area contributed by atoms with Crippen LogP contribution in [0.2, 0.25) is 0 Å². The van der Waals surface area contributed by atoms with E-state index in [4.69, 9.17) is 17.0 Å². The molecule has 1 aliphatic heterocycles. The number of methoxy groups -OCH3 is 1. The number of aromatic amines is 1. The van der Waals surface area contributed by atoms with Gasteiger partial charge in [0, 0.05) is 26.1 Å². The summed E-state index contributed by atoms with van der Waals surface area (Å²) in [6, 6.07) is 0. The molecule has 2 rings (SSSR count). The molecule has 14 heavy (non-hydrogen) atoms. The molecule has 2 heterocycles. The lowest BCUT2D eigenvalue weighted by molar-refractivity contribution is 0.161. The molecule has 1 fully saturated rings. The third kappa shape index (κ3) is 2.13. The average Bonchev–Trinajstić information content (AvgIpc) is 2.74. The van der Waals surface area contributed by atoms with Crippen molar-refractivity contribution >= 4 is 28.7 Å². The molecule has 78 valence electrons. The summed E-state index contributed by atoms with van der Waals surface area (Å²) in [5, 5.41) is 7.98. The smallest absolute Gasteiger partial charge is 0.206 e. The van der Waals surface area contributed by atoms with Crippen LogP contribution in [0.25, 0.3) is 0 Å². The first-order chi connectivity index (χ1) is 6.79. The normalized spacial score (nSPS) is 21.8. The zero-order chi connectivity index (χ0) is 9.97. The second-order valence-electron chi connectivity index (χ2n) is 3.45. The van der Waals surface area contributed by atoms with Crippen LogP contribution in [0.5, 0.6) is 0 Å². The van der Waals surface area contributed by atoms with Crippen LogP contribution in [0, 0.1) is 9.87 Å². The van der Waals surface area contributed by atoms with Gasteiger partial charge in [-0.2, -0.15) is 0 Å². The topological polar surface area (TPSA) is 41.1 Å². The van der Waals surface area contributed by atoms with Gasteiger partial charge in [-0.25, -0.2) is 0 Å². The number of aromatic nitrogens is 2. The number of nitrogens with zero attached hydrogens (tertiary/aromatic N) is 2. The Labute approximate surface area is 91.9 Å². The number of ether oxygens (including phenoxy) is 1. The van der Waals surface area contributed by atoms with Gasteiger partial charge in [0.15, 0.2) is 3.95 Å². The molecule has 1 atom stereocenters. The maximum Gasteiger partial charge on any atom is 0.206 e. The molecule has 0 saturated carbocycles. The number of H-pyrrole nitrogens is 1. The van der Waals surface area contributed by atoms with Gasteiger partial charge in [-0.15, -0.1) is 5.10 Å². The number of hydrogen-bond donors (Lipinski definition) is 1. The molecule has 1 aliphatic rings. The minimum Gasteiger partial charge on any atom is -0.384 e. The molecule has 6 heteroatoms. The van der Waals surface area contributed by atoms with Crippen molar-refractivity contribution in [1.29, 1.82) is 0 Å². The van der Waals surface area contributed by atoms with E-state index in [1.807, 2.05) is 0 Å². The Balaban J connectivity index is 1.98. The molecular formula is C8H13N3OS2. The van der Waals surface area contributed by atoms with Crippen LogP contribution in [-0.4, -0.2) is 37.0 Å². The Morgan fingerprint density at radius 1 is 1.79 bits per heavy atom.